The molecular formula is C14H12N2O3. The Morgan fingerprint density at radius 1 is 1.32 bits per heavy atom. The SMILES string of the molecule is Cc1cc(=O)oc2cc(O)c(-c3ccn(C)n3)cc12. The number of hydrogen-bond donors (Lipinski definition) is 1. The van der Waals surface area contributed by atoms with Gasteiger partial charge in [-0.05, 0) is 24.6 Å². The van der Waals surface area contributed by atoms with Crippen molar-refractivity contribution >= 4 is 11.0 Å². The van der Waals surface area contributed by atoms with Crippen LogP contribution in [-0.4, -0.2) is 14.9 Å². The topological polar surface area (TPSA) is 68.3 Å². The van der Waals surface area contributed by atoms with Crippen molar-refractivity contribution in [2.75, 3.05) is 0 Å². The summed E-state index contributed by atoms with van der Waals surface area (Å²) in [4.78, 5) is 11.3. The van der Waals surface area contributed by atoms with E-state index in [0.29, 0.717) is 16.8 Å². The van der Waals surface area contributed by atoms with E-state index in [2.05, 4.69) is 5.10 Å². The molecule has 0 aliphatic carbocycles. The van der Waals surface area contributed by atoms with Crippen molar-refractivity contribution < 1.29 is 9.52 Å². The van der Waals surface area contributed by atoms with Crippen LogP contribution < -0.4 is 5.63 Å². The minimum absolute atomic E-state index is 0.0416. The van der Waals surface area contributed by atoms with Gasteiger partial charge < -0.3 is 9.52 Å². The van der Waals surface area contributed by atoms with Crippen LogP contribution in [0.15, 0.2) is 39.7 Å². The van der Waals surface area contributed by atoms with Gasteiger partial charge in [0.1, 0.15) is 11.3 Å². The summed E-state index contributed by atoms with van der Waals surface area (Å²) in [6.45, 7) is 1.83. The van der Waals surface area contributed by atoms with Crippen LogP contribution >= 0.6 is 0 Å². The van der Waals surface area contributed by atoms with Gasteiger partial charge in [-0.1, -0.05) is 0 Å². The van der Waals surface area contributed by atoms with Crippen LogP contribution in [0.5, 0.6) is 5.75 Å². The number of aromatic nitrogens is 2. The average Bonchev–Trinajstić information content (AvgIpc) is 2.74. The Morgan fingerprint density at radius 3 is 2.79 bits per heavy atom. The lowest BCUT2D eigenvalue weighted by molar-refractivity contribution is 0.474. The van der Waals surface area contributed by atoms with Gasteiger partial charge in [0.2, 0.25) is 0 Å². The van der Waals surface area contributed by atoms with Crippen LogP contribution in [0.25, 0.3) is 22.2 Å². The van der Waals surface area contributed by atoms with Crippen molar-refractivity contribution in [3.63, 3.8) is 0 Å². The first-order valence-electron chi connectivity index (χ1n) is 5.82. The molecule has 19 heavy (non-hydrogen) atoms. The number of rotatable bonds is 1. The van der Waals surface area contributed by atoms with Crippen molar-refractivity contribution in [2.24, 2.45) is 7.05 Å². The molecule has 0 atom stereocenters. The van der Waals surface area contributed by atoms with Crippen molar-refractivity contribution in [1.29, 1.82) is 0 Å². The maximum absolute atomic E-state index is 11.3. The molecule has 0 saturated heterocycles. The van der Waals surface area contributed by atoms with Gasteiger partial charge in [-0.3, -0.25) is 4.68 Å². The maximum Gasteiger partial charge on any atom is 0.336 e. The second-order valence-corrected chi connectivity index (χ2v) is 4.49. The molecule has 0 spiro atoms. The summed E-state index contributed by atoms with van der Waals surface area (Å²) in [5.41, 5.74) is 2.05. The summed E-state index contributed by atoms with van der Waals surface area (Å²) >= 11 is 0. The van der Waals surface area contributed by atoms with E-state index in [-0.39, 0.29) is 5.75 Å². The first-order chi connectivity index (χ1) is 9.04. The minimum atomic E-state index is -0.421. The number of phenolic OH excluding ortho intramolecular Hbond substituents is 1. The van der Waals surface area contributed by atoms with Gasteiger partial charge in [0, 0.05) is 36.3 Å². The van der Waals surface area contributed by atoms with E-state index in [1.165, 1.54) is 12.1 Å². The fourth-order valence-corrected chi connectivity index (χ4v) is 2.12. The van der Waals surface area contributed by atoms with E-state index >= 15 is 0 Å². The van der Waals surface area contributed by atoms with E-state index in [4.69, 9.17) is 4.42 Å². The van der Waals surface area contributed by atoms with Crippen molar-refractivity contribution in [3.05, 3.63) is 46.4 Å². The Kier molecular flexibility index (Phi) is 2.41. The summed E-state index contributed by atoms with van der Waals surface area (Å²) in [7, 11) is 1.81. The van der Waals surface area contributed by atoms with Gasteiger partial charge in [0.25, 0.3) is 0 Å². The van der Waals surface area contributed by atoms with E-state index in [9.17, 15) is 9.90 Å². The summed E-state index contributed by atoms with van der Waals surface area (Å²) in [6, 6.07) is 6.48. The predicted molar refractivity (Wildman–Crippen MR) is 71.1 cm³/mol. The monoisotopic (exact) mass is 256 g/mol. The molecule has 3 rings (SSSR count). The third-order valence-corrected chi connectivity index (χ3v) is 3.06. The van der Waals surface area contributed by atoms with Crippen molar-refractivity contribution in [1.82, 2.24) is 9.78 Å². The molecule has 0 saturated carbocycles. The Labute approximate surface area is 108 Å². The highest BCUT2D eigenvalue weighted by Gasteiger charge is 2.12. The van der Waals surface area contributed by atoms with Crippen LogP contribution in [-0.2, 0) is 7.05 Å². The number of nitrogens with zero attached hydrogens (tertiary/aromatic N) is 2. The fraction of sp³-hybridized carbons (Fsp3) is 0.143. The van der Waals surface area contributed by atoms with Gasteiger partial charge in [-0.2, -0.15) is 5.10 Å². The van der Waals surface area contributed by atoms with Crippen LogP contribution in [0.4, 0.5) is 0 Å². The van der Waals surface area contributed by atoms with E-state index in [1.807, 2.05) is 20.0 Å². The normalized spacial score (nSPS) is 11.1. The van der Waals surface area contributed by atoms with Gasteiger partial charge in [0.05, 0.1) is 5.69 Å². The lowest BCUT2D eigenvalue weighted by Crippen LogP contribution is -1.98. The zero-order valence-electron chi connectivity index (χ0n) is 10.5. The Hall–Kier alpha value is -2.56. The molecule has 96 valence electrons. The summed E-state index contributed by atoms with van der Waals surface area (Å²) < 4.78 is 6.74. The molecule has 0 fully saturated rings. The molecule has 0 bridgehead atoms. The highest BCUT2D eigenvalue weighted by atomic mass is 16.4. The average molecular weight is 256 g/mol. The Balaban J connectivity index is 2.33. The van der Waals surface area contributed by atoms with Gasteiger partial charge >= 0.3 is 5.63 Å². The highest BCUT2D eigenvalue weighted by Crippen LogP contribution is 2.32. The summed E-state index contributed by atoms with van der Waals surface area (Å²) in [6.07, 6.45) is 1.80. The molecule has 2 heterocycles. The van der Waals surface area contributed by atoms with E-state index < -0.39 is 5.63 Å². The molecule has 0 aliphatic heterocycles. The zero-order valence-corrected chi connectivity index (χ0v) is 10.5. The molecule has 1 aromatic carbocycles. The quantitative estimate of drug-likeness (QED) is 0.678. The van der Waals surface area contributed by atoms with Crippen molar-refractivity contribution in [3.8, 4) is 17.0 Å². The lowest BCUT2D eigenvalue weighted by atomic mass is 10.0. The molecule has 1 N–H and O–H groups in total. The molecule has 0 unspecified atom stereocenters. The molecule has 5 heteroatoms. The summed E-state index contributed by atoms with van der Waals surface area (Å²) in [5.74, 6) is 0.0416. The van der Waals surface area contributed by atoms with Crippen LogP contribution in [0.2, 0.25) is 0 Å². The molecule has 0 aliphatic rings. The predicted octanol–water partition coefficient (Wildman–Crippen LogP) is 2.21. The Morgan fingerprint density at radius 2 is 2.11 bits per heavy atom. The standard InChI is InChI=1S/C14H12N2O3/c1-8-5-14(18)19-13-7-12(17)10(6-9(8)13)11-3-4-16(2)15-11/h3-7,17H,1-2H3. The third kappa shape index (κ3) is 1.89. The van der Waals surface area contributed by atoms with Crippen molar-refractivity contribution in [2.45, 2.75) is 6.92 Å². The highest BCUT2D eigenvalue weighted by molar-refractivity contribution is 5.88. The minimum Gasteiger partial charge on any atom is -0.507 e. The Bertz CT molecular complexity index is 830. The first-order valence-corrected chi connectivity index (χ1v) is 5.82. The number of fused-ring (bicyclic) bond motifs is 1. The van der Waals surface area contributed by atoms with Crippen LogP contribution in [0.1, 0.15) is 5.56 Å². The van der Waals surface area contributed by atoms with Crippen LogP contribution in [0.3, 0.4) is 0 Å². The zero-order chi connectivity index (χ0) is 13.6. The molecule has 0 radical (unpaired) electrons. The number of aromatic hydroxyl groups is 1. The van der Waals surface area contributed by atoms with E-state index in [0.717, 1.165) is 10.9 Å². The van der Waals surface area contributed by atoms with Gasteiger partial charge in [-0.15, -0.1) is 0 Å². The molecule has 0 amide bonds. The number of aryl methyl sites for hydroxylation is 2. The number of benzene rings is 1. The molecular weight excluding hydrogens is 244 g/mol. The largest absolute Gasteiger partial charge is 0.507 e. The first kappa shape index (κ1) is 11.5. The number of hydrogen-bond acceptors (Lipinski definition) is 4. The third-order valence-electron chi connectivity index (χ3n) is 3.06. The lowest BCUT2D eigenvalue weighted by Gasteiger charge is -2.05. The molecule has 2 aromatic heterocycles. The maximum atomic E-state index is 11.3. The molecule has 5 nitrogen and oxygen atoms in total. The van der Waals surface area contributed by atoms with Gasteiger partial charge in [0.15, 0.2) is 0 Å². The second-order valence-electron chi connectivity index (χ2n) is 4.49. The summed E-state index contributed by atoms with van der Waals surface area (Å²) in [5, 5.41) is 15.1. The van der Waals surface area contributed by atoms with E-state index in [1.54, 1.807) is 16.9 Å². The molecule has 3 aromatic rings. The fourth-order valence-electron chi connectivity index (χ4n) is 2.12. The van der Waals surface area contributed by atoms with Gasteiger partial charge in [-0.25, -0.2) is 4.79 Å². The number of phenols is 1. The second kappa shape index (κ2) is 3.98. The smallest absolute Gasteiger partial charge is 0.336 e. The van der Waals surface area contributed by atoms with Crippen LogP contribution in [0, 0.1) is 6.92 Å².